The lowest BCUT2D eigenvalue weighted by Crippen LogP contribution is -2.41. The number of carbonyl (C=O) groups is 2. The van der Waals surface area contributed by atoms with Crippen molar-refractivity contribution in [2.45, 2.75) is 19.4 Å². The number of carboxylic acid groups (broad SMARTS) is 1. The van der Waals surface area contributed by atoms with Crippen LogP contribution in [0.1, 0.15) is 12.5 Å². The normalized spacial score (nSPS) is 11.8. The molecule has 0 fully saturated rings. The number of hydrogen-bond donors (Lipinski definition) is 1. The van der Waals surface area contributed by atoms with Gasteiger partial charge in [-0.1, -0.05) is 6.07 Å². The van der Waals surface area contributed by atoms with Gasteiger partial charge in [0.2, 0.25) is 5.91 Å². The van der Waals surface area contributed by atoms with Gasteiger partial charge in [0.05, 0.1) is 13.5 Å². The average molecular weight is 269 g/mol. The van der Waals surface area contributed by atoms with Gasteiger partial charge in [-0.2, -0.15) is 0 Å². The molecule has 1 N–H and O–H groups in total. The molecular weight excluding hydrogens is 253 g/mol. The van der Waals surface area contributed by atoms with E-state index in [1.54, 1.807) is 0 Å². The molecule has 5 nitrogen and oxygen atoms in total. The van der Waals surface area contributed by atoms with Gasteiger partial charge in [0.1, 0.15) is 6.04 Å². The third-order valence-electron chi connectivity index (χ3n) is 2.90. The fourth-order valence-electron chi connectivity index (χ4n) is 1.50. The van der Waals surface area contributed by atoms with Crippen LogP contribution in [-0.2, 0) is 16.0 Å². The molecule has 1 rings (SSSR count). The highest BCUT2D eigenvalue weighted by Gasteiger charge is 2.21. The first-order chi connectivity index (χ1) is 8.86. The summed E-state index contributed by atoms with van der Waals surface area (Å²) in [5.74, 6) is -1.89. The zero-order chi connectivity index (χ0) is 14.6. The van der Waals surface area contributed by atoms with E-state index in [-0.39, 0.29) is 18.1 Å². The molecule has 0 radical (unpaired) electrons. The minimum atomic E-state index is -1.08. The monoisotopic (exact) mass is 269 g/mol. The van der Waals surface area contributed by atoms with E-state index in [0.29, 0.717) is 5.56 Å². The molecule has 0 bridgehead atoms. The quantitative estimate of drug-likeness (QED) is 0.875. The zero-order valence-corrected chi connectivity index (χ0v) is 11.0. The Morgan fingerprint density at radius 1 is 1.47 bits per heavy atom. The Morgan fingerprint density at radius 2 is 2.11 bits per heavy atom. The lowest BCUT2D eigenvalue weighted by molar-refractivity contribution is -0.148. The van der Waals surface area contributed by atoms with Gasteiger partial charge >= 0.3 is 5.97 Å². The summed E-state index contributed by atoms with van der Waals surface area (Å²) in [5.41, 5.74) is 0.563. The molecule has 1 aromatic rings. The summed E-state index contributed by atoms with van der Waals surface area (Å²) in [4.78, 5) is 23.8. The first-order valence-electron chi connectivity index (χ1n) is 5.67. The topological polar surface area (TPSA) is 66.8 Å². The Labute approximate surface area is 110 Å². The maximum Gasteiger partial charge on any atom is 0.326 e. The van der Waals surface area contributed by atoms with E-state index in [9.17, 15) is 14.0 Å². The predicted octanol–water partition coefficient (Wildman–Crippen LogP) is 1.31. The van der Waals surface area contributed by atoms with E-state index < -0.39 is 17.8 Å². The van der Waals surface area contributed by atoms with E-state index in [4.69, 9.17) is 9.84 Å². The Morgan fingerprint density at radius 3 is 2.63 bits per heavy atom. The van der Waals surface area contributed by atoms with Crippen LogP contribution in [0.2, 0.25) is 0 Å². The van der Waals surface area contributed by atoms with Gasteiger partial charge in [0.25, 0.3) is 0 Å². The van der Waals surface area contributed by atoms with Crippen LogP contribution >= 0.6 is 0 Å². The summed E-state index contributed by atoms with van der Waals surface area (Å²) >= 11 is 0. The number of carbonyl (C=O) groups excluding carboxylic acids is 1. The number of hydrogen-bond acceptors (Lipinski definition) is 3. The first kappa shape index (κ1) is 14.9. The van der Waals surface area contributed by atoms with Crippen LogP contribution in [0.4, 0.5) is 4.39 Å². The second kappa shape index (κ2) is 6.17. The van der Waals surface area contributed by atoms with Crippen LogP contribution < -0.4 is 4.74 Å². The summed E-state index contributed by atoms with van der Waals surface area (Å²) in [6, 6.07) is 3.19. The Balaban J connectivity index is 2.79. The number of halogens is 1. The molecular formula is C13H16FNO4. The first-order valence-corrected chi connectivity index (χ1v) is 5.67. The molecule has 1 amide bonds. The lowest BCUT2D eigenvalue weighted by atomic mass is 10.1. The smallest absolute Gasteiger partial charge is 0.326 e. The van der Waals surface area contributed by atoms with Gasteiger partial charge in [-0.15, -0.1) is 0 Å². The molecule has 0 spiro atoms. The molecule has 1 aromatic carbocycles. The van der Waals surface area contributed by atoms with Gasteiger partial charge in [-0.25, -0.2) is 9.18 Å². The fourth-order valence-corrected chi connectivity index (χ4v) is 1.50. The van der Waals surface area contributed by atoms with Gasteiger partial charge in [-0.05, 0) is 24.6 Å². The molecule has 0 saturated heterocycles. The summed E-state index contributed by atoms with van der Waals surface area (Å²) in [7, 11) is 2.75. The van der Waals surface area contributed by atoms with E-state index in [0.717, 1.165) is 4.90 Å². The maximum absolute atomic E-state index is 13.2. The second-order valence-electron chi connectivity index (χ2n) is 4.16. The predicted molar refractivity (Wildman–Crippen MR) is 66.5 cm³/mol. The molecule has 0 aliphatic heterocycles. The van der Waals surface area contributed by atoms with Gasteiger partial charge in [0.15, 0.2) is 11.6 Å². The SMILES string of the molecule is COc1cc(CC(=O)N(C)C(C)C(=O)O)ccc1F. The van der Waals surface area contributed by atoms with E-state index in [1.807, 2.05) is 0 Å². The Kier molecular flexibility index (Phi) is 4.86. The van der Waals surface area contributed by atoms with Crippen LogP contribution in [0, 0.1) is 5.82 Å². The standard InChI is InChI=1S/C13H16FNO4/c1-8(13(17)18)15(2)12(16)7-9-4-5-10(14)11(6-9)19-3/h4-6,8H,7H2,1-3H3,(H,17,18). The number of benzene rings is 1. The summed E-state index contributed by atoms with van der Waals surface area (Å²) < 4.78 is 18.0. The number of nitrogens with zero attached hydrogens (tertiary/aromatic N) is 1. The van der Waals surface area contributed by atoms with Gasteiger partial charge in [-0.3, -0.25) is 4.79 Å². The maximum atomic E-state index is 13.2. The number of carboxylic acids is 1. The highest BCUT2D eigenvalue weighted by Crippen LogP contribution is 2.19. The minimum absolute atomic E-state index is 0.00917. The number of aliphatic carboxylic acids is 1. The zero-order valence-electron chi connectivity index (χ0n) is 11.0. The van der Waals surface area contributed by atoms with Gasteiger partial charge < -0.3 is 14.7 Å². The van der Waals surface area contributed by atoms with E-state index >= 15 is 0 Å². The molecule has 0 aliphatic carbocycles. The average Bonchev–Trinajstić information content (AvgIpc) is 2.38. The van der Waals surface area contributed by atoms with Crippen molar-refractivity contribution in [2.75, 3.05) is 14.2 Å². The van der Waals surface area contributed by atoms with Crippen molar-refractivity contribution in [3.8, 4) is 5.75 Å². The van der Waals surface area contributed by atoms with Crippen LogP contribution in [0.3, 0.4) is 0 Å². The van der Waals surface area contributed by atoms with Crippen molar-refractivity contribution < 1.29 is 23.8 Å². The van der Waals surface area contributed by atoms with Crippen molar-refractivity contribution >= 4 is 11.9 Å². The lowest BCUT2D eigenvalue weighted by Gasteiger charge is -2.21. The third-order valence-corrected chi connectivity index (χ3v) is 2.90. The molecule has 0 saturated carbocycles. The number of ether oxygens (including phenoxy) is 1. The molecule has 104 valence electrons. The summed E-state index contributed by atoms with van der Waals surface area (Å²) in [6.45, 7) is 1.42. The largest absolute Gasteiger partial charge is 0.494 e. The second-order valence-corrected chi connectivity index (χ2v) is 4.16. The highest BCUT2D eigenvalue weighted by molar-refractivity contribution is 5.84. The molecule has 19 heavy (non-hydrogen) atoms. The van der Waals surface area contributed by atoms with E-state index in [2.05, 4.69) is 0 Å². The van der Waals surface area contributed by atoms with Gasteiger partial charge in [0, 0.05) is 7.05 Å². The number of methoxy groups -OCH3 is 1. The Bertz CT molecular complexity index is 490. The summed E-state index contributed by atoms with van der Waals surface area (Å²) in [6.07, 6.45) is -0.00917. The van der Waals surface area contributed by atoms with Crippen molar-refractivity contribution in [3.05, 3.63) is 29.6 Å². The van der Waals surface area contributed by atoms with Crippen molar-refractivity contribution in [3.63, 3.8) is 0 Å². The van der Waals surface area contributed by atoms with E-state index in [1.165, 1.54) is 39.3 Å². The van der Waals surface area contributed by atoms with Crippen LogP contribution in [-0.4, -0.2) is 42.1 Å². The molecule has 0 aromatic heterocycles. The van der Waals surface area contributed by atoms with Crippen LogP contribution in [0.5, 0.6) is 5.75 Å². The minimum Gasteiger partial charge on any atom is -0.494 e. The number of likely N-dealkylation sites (N-methyl/N-ethyl adjacent to an activating group) is 1. The number of rotatable bonds is 5. The molecule has 6 heteroatoms. The summed E-state index contributed by atoms with van der Waals surface area (Å²) in [5, 5.41) is 8.82. The molecule has 1 atom stereocenters. The van der Waals surface area contributed by atoms with Crippen molar-refractivity contribution in [2.24, 2.45) is 0 Å². The molecule has 1 unspecified atom stereocenters. The third kappa shape index (κ3) is 3.67. The fraction of sp³-hybridized carbons (Fsp3) is 0.385. The number of amides is 1. The van der Waals surface area contributed by atoms with Crippen LogP contribution in [0.15, 0.2) is 18.2 Å². The molecule has 0 aliphatic rings. The van der Waals surface area contributed by atoms with Crippen molar-refractivity contribution in [1.29, 1.82) is 0 Å². The van der Waals surface area contributed by atoms with Crippen LogP contribution in [0.25, 0.3) is 0 Å². The Hall–Kier alpha value is -2.11. The molecule has 0 heterocycles. The highest BCUT2D eigenvalue weighted by atomic mass is 19.1. The van der Waals surface area contributed by atoms with Crippen molar-refractivity contribution in [1.82, 2.24) is 4.90 Å².